The maximum absolute atomic E-state index is 12.2. The van der Waals surface area contributed by atoms with Gasteiger partial charge in [0.15, 0.2) is 18.1 Å². The molecule has 0 aliphatic carbocycles. The van der Waals surface area contributed by atoms with Gasteiger partial charge in [-0.25, -0.2) is 0 Å². The van der Waals surface area contributed by atoms with E-state index in [2.05, 4.69) is 5.32 Å². The average Bonchev–Trinajstić information content (AvgIpc) is 2.65. The largest absolute Gasteiger partial charge is 0.496 e. The molecule has 0 fully saturated rings. The molecule has 0 heterocycles. The van der Waals surface area contributed by atoms with Crippen molar-refractivity contribution in [2.75, 3.05) is 27.9 Å². The van der Waals surface area contributed by atoms with Gasteiger partial charge in [-0.05, 0) is 25.1 Å². The van der Waals surface area contributed by atoms with Gasteiger partial charge in [-0.3, -0.25) is 4.79 Å². The van der Waals surface area contributed by atoms with E-state index < -0.39 is 0 Å². The number of methoxy groups -OCH3 is 3. The Hall–Kier alpha value is -2.89. The lowest BCUT2D eigenvalue weighted by atomic mass is 10.1. The molecule has 0 saturated carbocycles. The third-order valence-electron chi connectivity index (χ3n) is 3.71. The van der Waals surface area contributed by atoms with E-state index in [9.17, 15) is 4.79 Å². The van der Waals surface area contributed by atoms with E-state index in [0.717, 1.165) is 11.3 Å². The zero-order chi connectivity index (χ0) is 18.2. The van der Waals surface area contributed by atoms with Gasteiger partial charge in [-0.15, -0.1) is 0 Å². The fourth-order valence-corrected chi connectivity index (χ4v) is 2.48. The number of rotatable bonds is 8. The second-order valence-electron chi connectivity index (χ2n) is 5.31. The van der Waals surface area contributed by atoms with Crippen molar-refractivity contribution in [3.8, 4) is 23.0 Å². The van der Waals surface area contributed by atoms with Crippen molar-refractivity contribution in [1.29, 1.82) is 0 Å². The Morgan fingerprint density at radius 2 is 1.48 bits per heavy atom. The van der Waals surface area contributed by atoms with E-state index in [1.807, 2.05) is 31.2 Å². The normalized spacial score (nSPS) is 11.4. The summed E-state index contributed by atoms with van der Waals surface area (Å²) in [5, 5.41) is 2.89. The summed E-state index contributed by atoms with van der Waals surface area (Å²) in [5.74, 6) is 1.87. The van der Waals surface area contributed by atoms with Gasteiger partial charge in [-0.1, -0.05) is 24.3 Å². The van der Waals surface area contributed by atoms with Crippen LogP contribution in [0.3, 0.4) is 0 Å². The van der Waals surface area contributed by atoms with Crippen molar-refractivity contribution in [3.05, 3.63) is 48.0 Å². The molecule has 25 heavy (non-hydrogen) atoms. The van der Waals surface area contributed by atoms with Gasteiger partial charge < -0.3 is 24.3 Å². The Morgan fingerprint density at radius 1 is 0.920 bits per heavy atom. The van der Waals surface area contributed by atoms with Crippen molar-refractivity contribution >= 4 is 5.91 Å². The molecule has 6 heteroatoms. The van der Waals surface area contributed by atoms with Crippen LogP contribution in [0.15, 0.2) is 42.5 Å². The van der Waals surface area contributed by atoms with Gasteiger partial charge in [0.25, 0.3) is 5.91 Å². The maximum atomic E-state index is 12.2. The van der Waals surface area contributed by atoms with Crippen LogP contribution in [0.25, 0.3) is 0 Å². The molecular formula is C19H23NO5. The van der Waals surface area contributed by atoms with Crippen molar-refractivity contribution in [2.45, 2.75) is 13.0 Å². The molecule has 0 saturated heterocycles. The minimum absolute atomic E-state index is 0.157. The molecule has 0 bridgehead atoms. The first-order valence-corrected chi connectivity index (χ1v) is 7.86. The summed E-state index contributed by atoms with van der Waals surface area (Å²) >= 11 is 0. The third kappa shape index (κ3) is 4.56. The van der Waals surface area contributed by atoms with Crippen LogP contribution >= 0.6 is 0 Å². The van der Waals surface area contributed by atoms with Crippen LogP contribution in [0.1, 0.15) is 18.5 Å². The Kier molecular flexibility index (Phi) is 6.51. The fourth-order valence-electron chi connectivity index (χ4n) is 2.48. The van der Waals surface area contributed by atoms with Gasteiger partial charge in [-0.2, -0.15) is 0 Å². The summed E-state index contributed by atoms with van der Waals surface area (Å²) in [4.78, 5) is 12.2. The molecule has 2 aromatic rings. The maximum Gasteiger partial charge on any atom is 0.258 e. The molecule has 6 nitrogen and oxygen atoms in total. The van der Waals surface area contributed by atoms with Gasteiger partial charge >= 0.3 is 0 Å². The number of nitrogens with one attached hydrogen (secondary N) is 1. The number of ether oxygens (including phenoxy) is 4. The molecule has 1 amide bonds. The average molecular weight is 345 g/mol. The fraction of sp³-hybridized carbons (Fsp3) is 0.316. The third-order valence-corrected chi connectivity index (χ3v) is 3.71. The van der Waals surface area contributed by atoms with Crippen LogP contribution in [0.2, 0.25) is 0 Å². The van der Waals surface area contributed by atoms with Crippen LogP contribution in [0.5, 0.6) is 23.0 Å². The van der Waals surface area contributed by atoms with Crippen LogP contribution in [-0.2, 0) is 4.79 Å². The monoisotopic (exact) mass is 345 g/mol. The zero-order valence-corrected chi connectivity index (χ0v) is 14.9. The molecule has 2 aromatic carbocycles. The van der Waals surface area contributed by atoms with E-state index >= 15 is 0 Å². The summed E-state index contributed by atoms with van der Waals surface area (Å²) in [6, 6.07) is 12.6. The highest BCUT2D eigenvalue weighted by Gasteiger charge is 2.16. The van der Waals surface area contributed by atoms with Gasteiger partial charge in [0.05, 0.1) is 27.4 Å². The summed E-state index contributed by atoms with van der Waals surface area (Å²) in [6.07, 6.45) is 0. The smallest absolute Gasteiger partial charge is 0.258 e. The van der Waals surface area contributed by atoms with Gasteiger partial charge in [0, 0.05) is 5.56 Å². The topological polar surface area (TPSA) is 66.0 Å². The minimum Gasteiger partial charge on any atom is -0.496 e. The van der Waals surface area contributed by atoms with E-state index in [0.29, 0.717) is 17.2 Å². The predicted molar refractivity (Wildman–Crippen MR) is 94.6 cm³/mol. The molecule has 1 unspecified atom stereocenters. The molecular weight excluding hydrogens is 322 g/mol. The molecule has 0 aromatic heterocycles. The first-order valence-electron chi connectivity index (χ1n) is 7.86. The first-order chi connectivity index (χ1) is 12.1. The van der Waals surface area contributed by atoms with Crippen LogP contribution in [-0.4, -0.2) is 33.8 Å². The Morgan fingerprint density at radius 3 is 2.08 bits per heavy atom. The standard InChI is InChI=1S/C19H23NO5/c1-13(14-8-5-6-9-15(14)22-2)20-18(21)12-25-19-16(23-3)10-7-11-17(19)24-4/h5-11,13H,12H2,1-4H3,(H,20,21). The molecule has 0 aliphatic rings. The molecule has 134 valence electrons. The molecule has 1 N–H and O–H groups in total. The highest BCUT2D eigenvalue weighted by molar-refractivity contribution is 5.78. The van der Waals surface area contributed by atoms with Crippen molar-refractivity contribution in [3.63, 3.8) is 0 Å². The number of amides is 1. The number of benzene rings is 2. The lowest BCUT2D eigenvalue weighted by Gasteiger charge is -2.18. The van der Waals surface area contributed by atoms with Crippen molar-refractivity contribution < 1.29 is 23.7 Å². The minimum atomic E-state index is -0.258. The number of carbonyl (C=O) groups excluding carboxylic acids is 1. The highest BCUT2D eigenvalue weighted by atomic mass is 16.5. The van der Waals surface area contributed by atoms with Crippen molar-refractivity contribution in [1.82, 2.24) is 5.32 Å². The van der Waals surface area contributed by atoms with E-state index in [4.69, 9.17) is 18.9 Å². The van der Waals surface area contributed by atoms with Gasteiger partial charge in [0.2, 0.25) is 5.75 Å². The number of carbonyl (C=O) groups is 1. The van der Waals surface area contributed by atoms with Crippen LogP contribution in [0.4, 0.5) is 0 Å². The van der Waals surface area contributed by atoms with E-state index in [-0.39, 0.29) is 18.6 Å². The summed E-state index contributed by atoms with van der Waals surface area (Å²) < 4.78 is 21.4. The Labute approximate surface area is 147 Å². The second-order valence-corrected chi connectivity index (χ2v) is 5.31. The first kappa shape index (κ1) is 18.4. The van der Waals surface area contributed by atoms with Crippen LogP contribution < -0.4 is 24.3 Å². The molecule has 0 radical (unpaired) electrons. The highest BCUT2D eigenvalue weighted by Crippen LogP contribution is 2.36. The summed E-state index contributed by atoms with van der Waals surface area (Å²) in [6.45, 7) is 1.73. The summed E-state index contributed by atoms with van der Waals surface area (Å²) in [7, 11) is 4.67. The van der Waals surface area contributed by atoms with Crippen molar-refractivity contribution in [2.24, 2.45) is 0 Å². The predicted octanol–water partition coefficient (Wildman–Crippen LogP) is 2.97. The number of hydrogen-bond donors (Lipinski definition) is 1. The molecule has 1 atom stereocenters. The summed E-state index contributed by atoms with van der Waals surface area (Å²) in [5.41, 5.74) is 0.897. The SMILES string of the molecule is COc1ccccc1C(C)NC(=O)COc1c(OC)cccc1OC. The van der Waals surface area contributed by atoms with Crippen LogP contribution in [0, 0.1) is 0 Å². The Bertz CT molecular complexity index is 694. The lowest BCUT2D eigenvalue weighted by molar-refractivity contribution is -0.123. The lowest BCUT2D eigenvalue weighted by Crippen LogP contribution is -2.31. The molecule has 2 rings (SSSR count). The Balaban J connectivity index is 2.02. The molecule has 0 spiro atoms. The number of para-hydroxylation sites is 2. The van der Waals surface area contributed by atoms with Gasteiger partial charge in [0.1, 0.15) is 5.75 Å². The quantitative estimate of drug-likeness (QED) is 0.797. The molecule has 0 aliphatic heterocycles. The van der Waals surface area contributed by atoms with E-state index in [1.165, 1.54) is 14.2 Å². The number of hydrogen-bond acceptors (Lipinski definition) is 5. The second kappa shape index (κ2) is 8.82. The zero-order valence-electron chi connectivity index (χ0n) is 14.9. The van der Waals surface area contributed by atoms with E-state index in [1.54, 1.807) is 25.3 Å².